The van der Waals surface area contributed by atoms with Gasteiger partial charge < -0.3 is 17.6 Å². The lowest BCUT2D eigenvalue weighted by molar-refractivity contribution is 0.834. The number of aryl methyl sites for hydroxylation is 4. The highest BCUT2D eigenvalue weighted by molar-refractivity contribution is 6.33. The van der Waals surface area contributed by atoms with Crippen LogP contribution in [-0.2, 0) is 0 Å². The maximum absolute atomic E-state index is 2.52. The molecule has 0 atom stereocenters. The van der Waals surface area contributed by atoms with Crippen molar-refractivity contribution in [1.82, 2.24) is 17.6 Å². The lowest BCUT2D eigenvalue weighted by Gasteiger charge is -2.16. The number of benzene rings is 25. The third-order valence-electron chi connectivity index (χ3n) is 33.3. The zero-order valence-electron chi connectivity index (χ0n) is 85.0. The van der Waals surface area contributed by atoms with Gasteiger partial charge in [0.15, 0.2) is 0 Å². The lowest BCUT2D eigenvalue weighted by atomic mass is 9.89. The van der Waals surface area contributed by atoms with Gasteiger partial charge >= 0.3 is 0 Å². The van der Waals surface area contributed by atoms with Gasteiger partial charge in [-0.15, -0.1) is 0 Å². The minimum atomic E-state index is 0.488. The molecule has 4 heteroatoms. The molecular formula is C145H104N4. The molecule has 149 heavy (non-hydrogen) atoms. The van der Waals surface area contributed by atoms with Gasteiger partial charge in [-0.25, -0.2) is 0 Å². The Kier molecular flexibility index (Phi) is 19.0. The normalized spacial score (nSPS) is 12.4. The molecule has 0 saturated carbocycles. The second-order valence-corrected chi connectivity index (χ2v) is 43.5. The molecule has 0 radical (unpaired) electrons. The van der Waals surface area contributed by atoms with E-state index in [9.17, 15) is 0 Å². The summed E-state index contributed by atoms with van der Waals surface area (Å²) >= 11 is 0. The Labute approximate surface area is 861 Å². The minimum Gasteiger partial charge on any atom is -0.308 e. The lowest BCUT2D eigenvalue weighted by Crippen LogP contribution is -1.97. The van der Waals surface area contributed by atoms with Crippen molar-refractivity contribution < 1.29 is 0 Å². The number of rotatable bonds is 7. The first-order valence-corrected chi connectivity index (χ1v) is 52.9. The maximum Gasteiger partial charge on any atom is 0.0620 e. The number of nitrogens with zero attached hydrogens (tertiary/aromatic N) is 4. The molecule has 0 amide bonds. The molecule has 704 valence electrons. The Balaban J connectivity index is 0.0000000915. The van der Waals surface area contributed by atoms with Crippen LogP contribution in [0.4, 0.5) is 0 Å². The first-order valence-electron chi connectivity index (χ1n) is 52.9. The molecule has 0 fully saturated rings. The summed E-state index contributed by atoms with van der Waals surface area (Å²) in [5.41, 5.74) is 35.6. The van der Waals surface area contributed by atoms with E-state index in [1.807, 2.05) is 0 Å². The van der Waals surface area contributed by atoms with E-state index in [4.69, 9.17) is 0 Å². The fourth-order valence-corrected chi connectivity index (χ4v) is 26.5. The summed E-state index contributed by atoms with van der Waals surface area (Å²) in [4.78, 5) is 0. The van der Waals surface area contributed by atoms with E-state index in [0.29, 0.717) is 17.8 Å². The molecule has 33 aromatic rings. The molecule has 0 aliphatic rings. The topological polar surface area (TPSA) is 17.6 Å². The molecule has 33 rings (SSSR count). The number of fused-ring (bicyclic) bond motifs is 33. The van der Waals surface area contributed by atoms with Crippen molar-refractivity contribution in [3.05, 3.63) is 470 Å². The van der Waals surface area contributed by atoms with Crippen LogP contribution in [0.25, 0.3) is 294 Å². The van der Waals surface area contributed by atoms with Gasteiger partial charge in [0.1, 0.15) is 0 Å². The van der Waals surface area contributed by atoms with Crippen molar-refractivity contribution >= 4 is 249 Å². The molecule has 0 N–H and O–H groups in total. The van der Waals surface area contributed by atoms with Crippen molar-refractivity contribution in [2.45, 2.75) is 87.0 Å². The Morgan fingerprint density at radius 2 is 0.349 bits per heavy atom. The highest BCUT2D eigenvalue weighted by Crippen LogP contribution is 2.52. The summed E-state index contributed by atoms with van der Waals surface area (Å²) in [7, 11) is 0. The van der Waals surface area contributed by atoms with Gasteiger partial charge in [0.05, 0.1) is 66.2 Å². The van der Waals surface area contributed by atoms with E-state index in [1.165, 1.54) is 333 Å². The Morgan fingerprint density at radius 3 is 0.591 bits per heavy atom. The Morgan fingerprint density at radius 1 is 0.148 bits per heavy atom. The Bertz CT molecular complexity index is 10900. The van der Waals surface area contributed by atoms with Crippen LogP contribution in [0.2, 0.25) is 0 Å². The van der Waals surface area contributed by atoms with E-state index in [1.54, 1.807) is 0 Å². The predicted octanol–water partition coefficient (Wildman–Crippen LogP) is 41.0. The molecule has 4 nitrogen and oxygen atoms in total. The fraction of sp³-hybridized carbons (Fsp3) is 0.0897. The molecular weight excluding hydrogens is 1800 g/mol. The van der Waals surface area contributed by atoms with Gasteiger partial charge in [0, 0.05) is 86.2 Å². The van der Waals surface area contributed by atoms with E-state index >= 15 is 0 Å². The molecule has 0 bridgehead atoms. The first-order chi connectivity index (χ1) is 72.9. The highest BCUT2D eigenvalue weighted by atomic mass is 14.9. The van der Waals surface area contributed by atoms with Crippen LogP contribution in [-0.4, -0.2) is 17.6 Å². The van der Waals surface area contributed by atoms with Crippen LogP contribution >= 0.6 is 0 Å². The summed E-state index contributed by atoms with van der Waals surface area (Å²) in [6, 6.07) is 162. The summed E-state index contributed by atoms with van der Waals surface area (Å²) in [6.45, 7) is 22.7. The average Bonchev–Trinajstić information content (AvgIpc) is 1.54. The molecule has 25 aromatic carbocycles. The first kappa shape index (κ1) is 86.5. The van der Waals surface area contributed by atoms with Crippen molar-refractivity contribution in [2.75, 3.05) is 0 Å². The summed E-state index contributed by atoms with van der Waals surface area (Å²) in [6.07, 6.45) is 0. The van der Waals surface area contributed by atoms with Crippen molar-refractivity contribution in [3.63, 3.8) is 0 Å². The zero-order valence-corrected chi connectivity index (χ0v) is 85.0. The van der Waals surface area contributed by atoms with Gasteiger partial charge in [-0.3, -0.25) is 0 Å². The standard InChI is InChI=1S/C38H31N.C37H29N.C36H21N.C34H23N/c1-22(2)28-13-29(23(3)4)15-30(14-28)31-18-34-32-16-24-9-5-7-11-26(24)20-36(32)39-37-21-27-12-8-6-10-25(27)17-33(37)35(19-31)38(34)39;1-21(2)36-22(3)13-28(14-23(36)4)29-17-32-30-15-24-9-5-7-11-26(24)19-34(30)38-35-20-27-12-8-6-10-25(27)16-31(35)33(18-29)37(32)38;1-3-11-25-20-34-30(16-23(25)9-1)32-18-27(29-15-7-13-22-8-5-6-14-28(22)29)19-33-31-17-24-10-2-4-12-26(24)21-35(31)37(34)36(32)33;1-20-11-21(2)13-26(12-20)27-16-30-28-14-22-7-3-5-9-24(22)18-32(28)35-33-19-25-10-6-4-8-23(25)15-29(33)31(17-27)34(30)35/h5-23H,1-4H3;5-21H,1-4H3;1-21H;3-19H,1-2H3. The second-order valence-electron chi connectivity index (χ2n) is 43.5. The monoisotopic (exact) mass is 1900 g/mol. The summed E-state index contributed by atoms with van der Waals surface area (Å²) < 4.78 is 10.0. The Hall–Kier alpha value is -18.0. The van der Waals surface area contributed by atoms with E-state index in [2.05, 4.69) is 518 Å². The predicted molar refractivity (Wildman–Crippen MR) is 645 cm³/mol. The SMILES string of the molecule is CC(C)c1cc(-c2cc3c4cc5ccccc5cc4n4c5cc6ccccc6cc5c(c2)c34)cc(C(C)C)c1.Cc1cc(-c2cc3c4cc5ccccc5cc4n4c5cc6ccccc6cc5c(c2)c34)cc(C)c1C(C)C.Cc1cc(C)cc(-c2cc3c4cc5ccccc5cc4n4c5cc6ccccc6cc5c(c2)c34)c1.c1ccc2cc3c(cc2c1)c1cc(-c2cccc4ccccc24)cc2c4cc5ccccc5cc4n3c12. The van der Waals surface area contributed by atoms with Crippen LogP contribution in [0.1, 0.15) is 98.2 Å². The van der Waals surface area contributed by atoms with Crippen LogP contribution in [0.15, 0.2) is 431 Å². The van der Waals surface area contributed by atoms with Crippen molar-refractivity contribution in [1.29, 1.82) is 0 Å². The minimum absolute atomic E-state index is 0.488. The van der Waals surface area contributed by atoms with E-state index in [-0.39, 0.29) is 0 Å². The van der Waals surface area contributed by atoms with Crippen LogP contribution in [0.3, 0.4) is 0 Å². The third kappa shape index (κ3) is 13.4. The molecule has 0 aliphatic carbocycles. The maximum atomic E-state index is 2.52. The van der Waals surface area contributed by atoms with Gasteiger partial charge in [0.25, 0.3) is 0 Å². The molecule has 0 saturated heterocycles. The summed E-state index contributed by atoms with van der Waals surface area (Å²) in [5.74, 6) is 1.50. The number of aromatic nitrogens is 4. The highest BCUT2D eigenvalue weighted by Gasteiger charge is 2.28. The summed E-state index contributed by atoms with van der Waals surface area (Å²) in [5, 5.41) is 44.4. The van der Waals surface area contributed by atoms with Crippen LogP contribution in [0.5, 0.6) is 0 Å². The molecule has 8 heterocycles. The van der Waals surface area contributed by atoms with Crippen LogP contribution < -0.4 is 0 Å². The van der Waals surface area contributed by atoms with E-state index in [0.717, 1.165) is 0 Å². The largest absolute Gasteiger partial charge is 0.308 e. The molecule has 0 unspecified atom stereocenters. The van der Waals surface area contributed by atoms with Crippen molar-refractivity contribution in [2.24, 2.45) is 0 Å². The van der Waals surface area contributed by atoms with Crippen LogP contribution in [0, 0.1) is 27.7 Å². The fourth-order valence-electron chi connectivity index (χ4n) is 26.5. The average molecular weight is 1900 g/mol. The quantitative estimate of drug-likeness (QED) is 0.151. The molecule has 0 aliphatic heterocycles. The smallest absolute Gasteiger partial charge is 0.0620 e. The number of hydrogen-bond donors (Lipinski definition) is 0. The second kappa shape index (κ2) is 32.8. The molecule has 8 aromatic heterocycles. The van der Waals surface area contributed by atoms with E-state index < -0.39 is 0 Å². The number of hydrogen-bond acceptors (Lipinski definition) is 0. The zero-order chi connectivity index (χ0) is 99.5. The third-order valence-corrected chi connectivity index (χ3v) is 33.3. The molecule has 0 spiro atoms. The van der Waals surface area contributed by atoms with Gasteiger partial charge in [-0.2, -0.15) is 0 Å². The van der Waals surface area contributed by atoms with Gasteiger partial charge in [-0.05, 0) is 360 Å². The van der Waals surface area contributed by atoms with Gasteiger partial charge in [0.2, 0.25) is 0 Å². The van der Waals surface area contributed by atoms with Crippen molar-refractivity contribution in [3.8, 4) is 44.5 Å². The van der Waals surface area contributed by atoms with Gasteiger partial charge in [-0.1, -0.05) is 338 Å².